The first-order chi connectivity index (χ1) is 25.3. The molecule has 0 bridgehead atoms. The molecule has 0 saturated carbocycles. The molecule has 3 aromatic rings. The van der Waals surface area contributed by atoms with E-state index in [1.807, 2.05) is 49.4 Å². The van der Waals surface area contributed by atoms with E-state index in [0.29, 0.717) is 55.1 Å². The molecule has 2 heterocycles. The number of benzene rings is 3. The molecule has 1 unspecified atom stereocenters. The molecule has 1 fully saturated rings. The maximum Gasteiger partial charge on any atom is 0.209 e. The number of nitrogens with zero attached hydrogens (tertiary/aromatic N) is 1. The molecule has 292 valence electrons. The third kappa shape index (κ3) is 9.31. The fourth-order valence-electron chi connectivity index (χ4n) is 8.59. The van der Waals surface area contributed by atoms with Crippen LogP contribution in [0.5, 0.6) is 11.5 Å². The van der Waals surface area contributed by atoms with Gasteiger partial charge in [0.25, 0.3) is 0 Å². The Balaban J connectivity index is 1.51. The van der Waals surface area contributed by atoms with E-state index < -0.39 is 29.7 Å². The Morgan fingerprint density at radius 3 is 2.23 bits per heavy atom. The first-order valence-corrected chi connectivity index (χ1v) is 23.0. The number of aryl methyl sites for hydroxylation is 1. The molecule has 1 saturated heterocycles. The van der Waals surface area contributed by atoms with E-state index >= 15 is 0 Å². The van der Waals surface area contributed by atoms with E-state index in [9.17, 15) is 8.42 Å². The molecule has 0 radical (unpaired) electrons. The van der Waals surface area contributed by atoms with Crippen molar-refractivity contribution in [1.82, 2.24) is 5.32 Å². The average molecular weight is 767 g/mol. The van der Waals surface area contributed by atoms with Crippen LogP contribution in [0.25, 0.3) is 0 Å². The van der Waals surface area contributed by atoms with Gasteiger partial charge >= 0.3 is 0 Å². The lowest BCUT2D eigenvalue weighted by atomic mass is 9.84. The summed E-state index contributed by atoms with van der Waals surface area (Å²) in [6.07, 6.45) is 1.13. The summed E-state index contributed by atoms with van der Waals surface area (Å²) in [4.78, 5) is 2.48. The van der Waals surface area contributed by atoms with Gasteiger partial charge in [0.05, 0.1) is 30.3 Å². The van der Waals surface area contributed by atoms with Crippen LogP contribution < -0.4 is 19.7 Å². The Labute approximate surface area is 319 Å². The number of sulfone groups is 1. The van der Waals surface area contributed by atoms with Crippen LogP contribution in [0.2, 0.25) is 16.6 Å². The van der Waals surface area contributed by atoms with Gasteiger partial charge in [-0.15, -0.1) is 0 Å². The van der Waals surface area contributed by atoms with Gasteiger partial charge in [0.1, 0.15) is 18.1 Å². The number of fused-ring (bicyclic) bond motifs is 1. The number of nitrogens with one attached hydrogen (secondary N) is 1. The topological polar surface area (TPSA) is 95.6 Å². The fourth-order valence-corrected chi connectivity index (χ4v) is 15.6. The van der Waals surface area contributed by atoms with Crippen LogP contribution in [0.15, 0.2) is 71.6 Å². The summed E-state index contributed by atoms with van der Waals surface area (Å²) >= 11 is 0. The maximum atomic E-state index is 14.7. The van der Waals surface area contributed by atoms with E-state index in [1.54, 1.807) is 26.4 Å². The monoisotopic (exact) mass is 766 g/mol. The highest BCUT2D eigenvalue weighted by Gasteiger charge is 2.46. The summed E-state index contributed by atoms with van der Waals surface area (Å²) < 4.78 is 60.4. The molecule has 1 N–H and O–H groups in total. The quantitative estimate of drug-likeness (QED) is 0.107. The summed E-state index contributed by atoms with van der Waals surface area (Å²) in [5.74, 6) is 1.42. The van der Waals surface area contributed by atoms with Crippen molar-refractivity contribution >= 4 is 23.8 Å². The summed E-state index contributed by atoms with van der Waals surface area (Å²) in [7, 11) is -2.72. The maximum absolute atomic E-state index is 14.7. The minimum Gasteiger partial charge on any atom is -0.497 e. The highest BCUT2D eigenvalue weighted by atomic mass is 32.2. The molecule has 4 atom stereocenters. The molecule has 9 nitrogen and oxygen atoms in total. The van der Waals surface area contributed by atoms with Gasteiger partial charge in [0.15, 0.2) is 13.8 Å². The van der Waals surface area contributed by atoms with Crippen LogP contribution in [-0.2, 0) is 23.7 Å². The summed E-state index contributed by atoms with van der Waals surface area (Å²) in [5, 5.41) is 3.73. The smallest absolute Gasteiger partial charge is 0.209 e. The summed E-state index contributed by atoms with van der Waals surface area (Å²) in [6.45, 7) is 19.6. The van der Waals surface area contributed by atoms with Gasteiger partial charge in [-0.05, 0) is 83.9 Å². The van der Waals surface area contributed by atoms with Crippen LogP contribution in [0.1, 0.15) is 82.4 Å². The van der Waals surface area contributed by atoms with Crippen molar-refractivity contribution in [3.8, 4) is 11.5 Å². The lowest BCUT2D eigenvalue weighted by Gasteiger charge is -2.44. The average Bonchev–Trinajstić information content (AvgIpc) is 3.14. The van der Waals surface area contributed by atoms with Crippen LogP contribution in [-0.4, -0.2) is 82.6 Å². The molecule has 0 aliphatic carbocycles. The lowest BCUT2D eigenvalue weighted by Crippen LogP contribution is -2.54. The van der Waals surface area contributed by atoms with E-state index in [-0.39, 0.29) is 16.9 Å². The van der Waals surface area contributed by atoms with Crippen molar-refractivity contribution in [2.45, 2.75) is 106 Å². The van der Waals surface area contributed by atoms with Crippen molar-refractivity contribution in [3.63, 3.8) is 0 Å². The SMILES string of the molecule is COCCCN1CCOc2ccc(C(O[C@H]3CN[C@H](CO[Si](C(C)C)(C(C)C)C(C)C)C[C@@H]3c3ccc(OC)cc3)S(=O)(=O)c3ccc(C)cc3)cc21. The number of piperidine rings is 1. The van der Waals surface area contributed by atoms with Gasteiger partial charge in [0.2, 0.25) is 9.84 Å². The molecule has 2 aliphatic heterocycles. The first-order valence-electron chi connectivity index (χ1n) is 19.3. The second-order valence-electron chi connectivity index (χ2n) is 15.6. The third-order valence-corrected chi connectivity index (χ3v) is 19.3. The van der Waals surface area contributed by atoms with E-state index in [4.69, 9.17) is 23.4 Å². The third-order valence-electron chi connectivity index (χ3n) is 11.3. The van der Waals surface area contributed by atoms with Gasteiger partial charge in [0, 0.05) is 45.4 Å². The van der Waals surface area contributed by atoms with Crippen molar-refractivity contribution in [3.05, 3.63) is 83.4 Å². The van der Waals surface area contributed by atoms with Gasteiger partial charge in [-0.3, -0.25) is 0 Å². The number of methoxy groups -OCH3 is 2. The minimum absolute atomic E-state index is 0.0822. The van der Waals surface area contributed by atoms with Gasteiger partial charge in [-0.1, -0.05) is 77.4 Å². The van der Waals surface area contributed by atoms with Crippen molar-refractivity contribution < 1.29 is 31.8 Å². The molecule has 5 rings (SSSR count). The van der Waals surface area contributed by atoms with Gasteiger partial charge < -0.3 is 33.6 Å². The fraction of sp³-hybridized carbons (Fsp3) is 0.571. The molecule has 11 heteroatoms. The zero-order chi connectivity index (χ0) is 38.3. The minimum atomic E-state index is -3.99. The second kappa shape index (κ2) is 18.1. The lowest BCUT2D eigenvalue weighted by molar-refractivity contribution is -0.00984. The molecule has 53 heavy (non-hydrogen) atoms. The summed E-state index contributed by atoms with van der Waals surface area (Å²) in [5.41, 5.74) is 3.70. The Hall–Kier alpha value is -2.93. The van der Waals surface area contributed by atoms with E-state index in [2.05, 4.69) is 63.9 Å². The van der Waals surface area contributed by atoms with Crippen molar-refractivity contribution in [1.29, 1.82) is 0 Å². The summed E-state index contributed by atoms with van der Waals surface area (Å²) in [6, 6.07) is 20.9. The first kappa shape index (κ1) is 41.2. The molecule has 0 spiro atoms. The van der Waals surface area contributed by atoms with Gasteiger partial charge in [-0.2, -0.15) is 0 Å². The molecule has 0 amide bonds. The Morgan fingerprint density at radius 1 is 0.925 bits per heavy atom. The van der Waals surface area contributed by atoms with Crippen LogP contribution in [0.4, 0.5) is 5.69 Å². The van der Waals surface area contributed by atoms with Crippen LogP contribution in [0, 0.1) is 6.92 Å². The second-order valence-corrected chi connectivity index (χ2v) is 23.1. The highest BCUT2D eigenvalue weighted by Crippen LogP contribution is 2.44. The Kier molecular flexibility index (Phi) is 14.1. The molecule has 3 aromatic carbocycles. The number of rotatable bonds is 17. The largest absolute Gasteiger partial charge is 0.497 e. The highest BCUT2D eigenvalue weighted by molar-refractivity contribution is 7.91. The number of anilines is 1. The van der Waals surface area contributed by atoms with Crippen LogP contribution in [0.3, 0.4) is 0 Å². The predicted molar refractivity (Wildman–Crippen MR) is 216 cm³/mol. The van der Waals surface area contributed by atoms with Gasteiger partial charge in [-0.25, -0.2) is 8.42 Å². The predicted octanol–water partition coefficient (Wildman–Crippen LogP) is 8.43. The molecule has 2 aliphatic rings. The van der Waals surface area contributed by atoms with Crippen LogP contribution >= 0.6 is 0 Å². The van der Waals surface area contributed by atoms with E-state index in [1.165, 1.54) is 0 Å². The Bertz CT molecular complexity index is 1690. The van der Waals surface area contributed by atoms with E-state index in [0.717, 1.165) is 47.7 Å². The standard InChI is InChI=1S/C42H62N2O7SSi/c1-29(2)53(30(3)4,31(5)6)50-28-35-26-38(33-13-16-36(48-9)17-14-33)41(27-43-35)51-42(52(45,46)37-18-11-32(7)12-19-37)34-15-20-40-39(25-34)44(22-24-49-40)21-10-23-47-8/h11-20,25,29-31,35,38,41-43H,10,21-24,26-28H2,1-9H3/t35-,38+,41-,42?/m0/s1. The van der Waals surface area contributed by atoms with Crippen molar-refractivity contribution in [2.75, 3.05) is 58.6 Å². The molecule has 0 aromatic heterocycles. The number of hydrogen-bond donors (Lipinski definition) is 1. The van der Waals surface area contributed by atoms with Crippen molar-refractivity contribution in [2.24, 2.45) is 0 Å². The number of ether oxygens (including phenoxy) is 4. The molecular weight excluding hydrogens is 705 g/mol. The zero-order valence-electron chi connectivity index (χ0n) is 33.3. The zero-order valence-corrected chi connectivity index (χ0v) is 35.1. The molecular formula is C42H62N2O7SSi. The number of hydrogen-bond acceptors (Lipinski definition) is 9. The normalized spacial score (nSPS) is 20.1. The Morgan fingerprint density at radius 2 is 1.60 bits per heavy atom.